The van der Waals surface area contributed by atoms with Crippen LogP contribution in [0.1, 0.15) is 24.1 Å². The fourth-order valence-corrected chi connectivity index (χ4v) is 6.26. The summed E-state index contributed by atoms with van der Waals surface area (Å²) in [5.74, 6) is 2.87. The van der Waals surface area contributed by atoms with E-state index in [1.165, 1.54) is 0 Å². The average molecular weight is 531 g/mol. The van der Waals surface area contributed by atoms with E-state index in [0.717, 1.165) is 18.5 Å². The second-order valence-corrected chi connectivity index (χ2v) is 11.2. The minimum Gasteiger partial charge on any atom is -0.493 e. The van der Waals surface area contributed by atoms with Gasteiger partial charge in [-0.15, -0.1) is 0 Å². The highest BCUT2D eigenvalue weighted by atomic mass is 32.2. The number of hydrogen-bond donors (Lipinski definition) is 2. The van der Waals surface area contributed by atoms with E-state index in [2.05, 4.69) is 15.3 Å². The number of anilines is 3. The van der Waals surface area contributed by atoms with Gasteiger partial charge in [-0.1, -0.05) is 0 Å². The summed E-state index contributed by atoms with van der Waals surface area (Å²) >= 11 is 0. The van der Waals surface area contributed by atoms with Crippen LogP contribution in [0.4, 0.5) is 17.6 Å². The van der Waals surface area contributed by atoms with E-state index >= 15 is 0 Å². The van der Waals surface area contributed by atoms with Crippen LogP contribution in [0.2, 0.25) is 0 Å². The van der Waals surface area contributed by atoms with Gasteiger partial charge in [-0.3, -0.25) is 0 Å². The lowest BCUT2D eigenvalue weighted by Gasteiger charge is -2.29. The topological polar surface area (TPSA) is 141 Å². The second kappa shape index (κ2) is 10.1. The van der Waals surface area contributed by atoms with E-state index in [0.29, 0.717) is 59.1 Å². The molecule has 2 aromatic heterocycles. The van der Waals surface area contributed by atoms with Gasteiger partial charge in [0.2, 0.25) is 11.7 Å². The number of aryl methyl sites for hydroxylation is 1. The van der Waals surface area contributed by atoms with E-state index in [1.807, 2.05) is 17.0 Å². The quantitative estimate of drug-likeness (QED) is 0.441. The summed E-state index contributed by atoms with van der Waals surface area (Å²) < 4.78 is 42.9. The number of sulfone groups is 1. The van der Waals surface area contributed by atoms with Gasteiger partial charge in [0.25, 0.3) is 0 Å². The molecule has 2 aliphatic rings. The molecule has 0 bridgehead atoms. The molecule has 0 spiro atoms. The van der Waals surface area contributed by atoms with Crippen molar-refractivity contribution in [2.45, 2.75) is 31.1 Å². The predicted octanol–water partition coefficient (Wildman–Crippen LogP) is 1.86. The largest absolute Gasteiger partial charge is 0.493 e. The molecule has 0 radical (unpaired) electrons. The number of ether oxygens (including phenoxy) is 3. The molecular formula is C24H30N6O6S. The Bertz CT molecular complexity index is 1380. The minimum absolute atomic E-state index is 0.0204. The molecular weight excluding hydrogens is 500 g/mol. The fraction of sp³-hybridized carbons (Fsp3) is 0.458. The van der Waals surface area contributed by atoms with Crippen LogP contribution in [0.5, 0.6) is 17.2 Å². The first kappa shape index (κ1) is 25.1. The third-order valence-electron chi connectivity index (χ3n) is 6.72. The molecule has 3 aromatic rings. The Morgan fingerprint density at radius 2 is 1.89 bits per heavy atom. The first-order chi connectivity index (χ1) is 17.9. The minimum atomic E-state index is -3.22. The van der Waals surface area contributed by atoms with Crippen LogP contribution in [0.25, 0.3) is 5.69 Å². The number of imidazole rings is 1. The third kappa shape index (κ3) is 4.88. The van der Waals surface area contributed by atoms with Gasteiger partial charge in [0.1, 0.15) is 12.1 Å². The van der Waals surface area contributed by atoms with Crippen LogP contribution in [0, 0.1) is 0 Å². The van der Waals surface area contributed by atoms with E-state index in [-0.39, 0.29) is 24.2 Å². The lowest BCUT2D eigenvalue weighted by molar-refractivity contribution is 0.266. The molecule has 0 saturated carbocycles. The van der Waals surface area contributed by atoms with Crippen molar-refractivity contribution < 1.29 is 27.7 Å². The molecule has 5 rings (SSSR count). The van der Waals surface area contributed by atoms with Crippen LogP contribution in [-0.4, -0.2) is 79.3 Å². The molecule has 0 unspecified atom stereocenters. The van der Waals surface area contributed by atoms with Crippen molar-refractivity contribution in [3.05, 3.63) is 35.9 Å². The molecule has 12 nitrogen and oxygen atoms in total. The monoisotopic (exact) mass is 530 g/mol. The predicted molar refractivity (Wildman–Crippen MR) is 137 cm³/mol. The van der Waals surface area contributed by atoms with Gasteiger partial charge >= 0.3 is 0 Å². The zero-order chi connectivity index (χ0) is 26.2. The summed E-state index contributed by atoms with van der Waals surface area (Å²) in [5.41, 5.74) is 2.07. The van der Waals surface area contributed by atoms with Crippen molar-refractivity contribution in [1.82, 2.24) is 19.5 Å². The number of nitrogens with zero attached hydrogens (tertiary/aromatic N) is 5. The number of benzene rings is 1. The molecule has 2 aliphatic heterocycles. The molecule has 198 valence electrons. The number of aromatic nitrogens is 4. The maximum Gasteiger partial charge on any atom is 0.230 e. The van der Waals surface area contributed by atoms with Crippen molar-refractivity contribution in [3.63, 3.8) is 0 Å². The normalized spacial score (nSPS) is 18.4. The van der Waals surface area contributed by atoms with Crippen molar-refractivity contribution in [1.29, 1.82) is 0 Å². The van der Waals surface area contributed by atoms with Gasteiger partial charge in [-0.2, -0.15) is 4.98 Å². The summed E-state index contributed by atoms with van der Waals surface area (Å²) in [6.07, 6.45) is 5.46. The van der Waals surface area contributed by atoms with E-state index in [9.17, 15) is 13.5 Å². The molecule has 0 amide bonds. The highest BCUT2D eigenvalue weighted by Gasteiger charge is 2.33. The van der Waals surface area contributed by atoms with Gasteiger partial charge < -0.3 is 34.1 Å². The molecule has 37 heavy (non-hydrogen) atoms. The Labute approximate surface area is 215 Å². The molecule has 13 heteroatoms. The third-order valence-corrected chi connectivity index (χ3v) is 8.27. The Morgan fingerprint density at radius 3 is 2.57 bits per heavy atom. The molecule has 4 heterocycles. The standard InChI is InChI=1S/C24H30N6O6S/c1-34-19-9-16(10-20(35-2)22(19)36-3)29-11-21(25-14-29)27-24-26-18-6-8-37(32,33)13-17(18)23(28-24)30-7-4-5-15(30)12-31/h9-11,14-15,31H,4-8,12-13H2,1-3H3,(H,26,27,28)/t15-/m0/s1. The smallest absolute Gasteiger partial charge is 0.230 e. The summed E-state index contributed by atoms with van der Waals surface area (Å²) in [7, 11) is 1.44. The van der Waals surface area contributed by atoms with Gasteiger partial charge in [0, 0.05) is 30.7 Å². The van der Waals surface area contributed by atoms with Crippen molar-refractivity contribution in [2.75, 3.05) is 50.5 Å². The van der Waals surface area contributed by atoms with Crippen LogP contribution < -0.4 is 24.4 Å². The maximum absolute atomic E-state index is 12.4. The first-order valence-corrected chi connectivity index (χ1v) is 13.8. The molecule has 1 aromatic carbocycles. The van der Waals surface area contributed by atoms with E-state index < -0.39 is 9.84 Å². The number of rotatable bonds is 8. The lowest BCUT2D eigenvalue weighted by Crippen LogP contribution is -2.35. The van der Waals surface area contributed by atoms with Crippen molar-refractivity contribution in [2.24, 2.45) is 0 Å². The van der Waals surface area contributed by atoms with E-state index in [4.69, 9.17) is 19.2 Å². The van der Waals surface area contributed by atoms with Gasteiger partial charge in [-0.25, -0.2) is 18.4 Å². The lowest BCUT2D eigenvalue weighted by atomic mass is 10.1. The molecule has 0 aliphatic carbocycles. The number of aliphatic hydroxyl groups excluding tert-OH is 1. The SMILES string of the molecule is COc1cc(-n2cnc(Nc3nc4c(c(N5CCC[C@H]5CO)n3)CS(=O)(=O)CC4)c2)cc(OC)c1OC. The van der Waals surface area contributed by atoms with E-state index in [1.54, 1.807) is 38.4 Å². The highest BCUT2D eigenvalue weighted by Crippen LogP contribution is 2.39. The van der Waals surface area contributed by atoms with Crippen molar-refractivity contribution in [3.8, 4) is 22.9 Å². The van der Waals surface area contributed by atoms with Crippen LogP contribution in [0.15, 0.2) is 24.7 Å². The molecule has 2 N–H and O–H groups in total. The number of aliphatic hydroxyl groups is 1. The average Bonchev–Trinajstić information content (AvgIpc) is 3.57. The summed E-state index contributed by atoms with van der Waals surface area (Å²) in [6, 6.07) is 3.52. The summed E-state index contributed by atoms with van der Waals surface area (Å²) in [4.78, 5) is 15.8. The Kier molecular flexibility index (Phi) is 6.82. The maximum atomic E-state index is 12.4. The van der Waals surface area contributed by atoms with Gasteiger partial charge in [0.05, 0.1) is 63.1 Å². The zero-order valence-electron chi connectivity index (χ0n) is 21.0. The van der Waals surface area contributed by atoms with Crippen LogP contribution in [-0.2, 0) is 22.0 Å². The summed E-state index contributed by atoms with van der Waals surface area (Å²) in [5, 5.41) is 13.0. The Balaban J connectivity index is 1.48. The fourth-order valence-electron chi connectivity index (χ4n) is 4.87. The number of hydrogen-bond acceptors (Lipinski definition) is 11. The zero-order valence-corrected chi connectivity index (χ0v) is 21.8. The number of methoxy groups -OCH3 is 3. The molecule has 1 fully saturated rings. The van der Waals surface area contributed by atoms with Gasteiger partial charge in [0.15, 0.2) is 27.2 Å². The Hall–Kier alpha value is -3.58. The highest BCUT2D eigenvalue weighted by molar-refractivity contribution is 7.90. The number of nitrogens with one attached hydrogen (secondary N) is 1. The first-order valence-electron chi connectivity index (χ1n) is 11.9. The molecule has 1 atom stereocenters. The van der Waals surface area contributed by atoms with Crippen LogP contribution >= 0.6 is 0 Å². The van der Waals surface area contributed by atoms with Gasteiger partial charge in [-0.05, 0) is 12.8 Å². The Morgan fingerprint density at radius 1 is 1.14 bits per heavy atom. The number of fused-ring (bicyclic) bond motifs is 1. The second-order valence-electron chi connectivity index (χ2n) is 8.98. The van der Waals surface area contributed by atoms with Crippen molar-refractivity contribution >= 4 is 27.4 Å². The summed E-state index contributed by atoms with van der Waals surface area (Å²) in [6.45, 7) is 0.678. The van der Waals surface area contributed by atoms with Crippen LogP contribution in [0.3, 0.4) is 0 Å². The molecule has 1 saturated heterocycles.